The van der Waals surface area contributed by atoms with Gasteiger partial charge in [-0.3, -0.25) is 4.79 Å². The highest BCUT2D eigenvalue weighted by Crippen LogP contribution is 2.35. The Kier molecular flexibility index (Phi) is 5.03. The van der Waals surface area contributed by atoms with Gasteiger partial charge in [-0.15, -0.1) is 11.5 Å². The minimum atomic E-state index is -1.57. The maximum atomic E-state index is 11.6. The number of hydrogen-bond acceptors (Lipinski definition) is 1. The molecule has 0 atom stereocenters. The van der Waals surface area contributed by atoms with E-state index in [1.54, 1.807) is 0 Å². The summed E-state index contributed by atoms with van der Waals surface area (Å²) >= 11 is 0. The van der Waals surface area contributed by atoms with E-state index in [1.165, 1.54) is 0 Å². The van der Waals surface area contributed by atoms with Gasteiger partial charge in [0.25, 0.3) is 0 Å². The summed E-state index contributed by atoms with van der Waals surface area (Å²) < 4.78 is 0. The average molecular weight is 253 g/mol. The van der Waals surface area contributed by atoms with Crippen LogP contribution in [0.4, 0.5) is 0 Å². The first-order valence-corrected chi connectivity index (χ1v) is 9.16. The molecule has 0 bridgehead atoms. The summed E-state index contributed by atoms with van der Waals surface area (Å²) in [4.78, 5) is 11.6. The van der Waals surface area contributed by atoms with Crippen molar-refractivity contribution in [2.45, 2.75) is 71.6 Å². The second-order valence-corrected chi connectivity index (χ2v) is 12.2. The Bertz CT molecular complexity index is 334. The van der Waals surface area contributed by atoms with Gasteiger partial charge in [0.15, 0.2) is 0 Å². The standard InChI is InChI=1S/C14H27NOSi/c1-13(2,3)15-12(16)10-9-11-17(7,8)14(4,5)6/h10H2,1-8H3,(H,15,16). The van der Waals surface area contributed by atoms with E-state index in [4.69, 9.17) is 0 Å². The molecule has 3 heteroatoms. The molecular weight excluding hydrogens is 226 g/mol. The molecule has 0 saturated carbocycles. The van der Waals surface area contributed by atoms with Crippen LogP contribution in [0.2, 0.25) is 18.1 Å². The number of rotatable bonds is 1. The zero-order valence-electron chi connectivity index (χ0n) is 12.6. The van der Waals surface area contributed by atoms with Crippen LogP contribution >= 0.6 is 0 Å². The highest BCUT2D eigenvalue weighted by atomic mass is 28.3. The first kappa shape index (κ1) is 16.2. The molecule has 1 amide bonds. The Morgan fingerprint density at radius 2 is 1.59 bits per heavy atom. The van der Waals surface area contributed by atoms with Crippen LogP contribution in [0.3, 0.4) is 0 Å². The number of carbonyl (C=O) groups excluding carboxylic acids is 1. The summed E-state index contributed by atoms with van der Waals surface area (Å²) in [7, 11) is -1.57. The number of nitrogens with one attached hydrogen (secondary N) is 1. The molecule has 0 aromatic heterocycles. The predicted molar refractivity (Wildman–Crippen MR) is 77.5 cm³/mol. The van der Waals surface area contributed by atoms with E-state index >= 15 is 0 Å². The van der Waals surface area contributed by atoms with E-state index in [-0.39, 0.29) is 16.5 Å². The fourth-order valence-corrected chi connectivity index (χ4v) is 1.90. The predicted octanol–water partition coefficient (Wildman–Crippen LogP) is 3.34. The van der Waals surface area contributed by atoms with E-state index in [1.807, 2.05) is 20.8 Å². The van der Waals surface area contributed by atoms with Gasteiger partial charge < -0.3 is 5.32 Å². The fourth-order valence-electron chi connectivity index (χ4n) is 0.995. The van der Waals surface area contributed by atoms with Crippen molar-refractivity contribution in [2.24, 2.45) is 0 Å². The zero-order chi connectivity index (χ0) is 13.9. The van der Waals surface area contributed by atoms with Gasteiger partial charge in [-0.1, -0.05) is 33.9 Å². The summed E-state index contributed by atoms with van der Waals surface area (Å²) in [5.74, 6) is 3.07. The molecule has 0 aliphatic carbocycles. The molecular formula is C14H27NOSi. The highest BCUT2D eigenvalue weighted by molar-refractivity contribution is 6.87. The topological polar surface area (TPSA) is 29.1 Å². The monoisotopic (exact) mass is 253 g/mol. The molecule has 1 N–H and O–H groups in total. The van der Waals surface area contributed by atoms with Crippen molar-refractivity contribution in [1.82, 2.24) is 5.32 Å². The molecule has 0 saturated heterocycles. The lowest BCUT2D eigenvalue weighted by Crippen LogP contribution is -2.40. The maximum Gasteiger partial charge on any atom is 0.232 e. The van der Waals surface area contributed by atoms with Gasteiger partial charge in [0, 0.05) is 5.54 Å². The maximum absolute atomic E-state index is 11.6. The smallest absolute Gasteiger partial charge is 0.232 e. The van der Waals surface area contributed by atoms with Gasteiger partial charge in [-0.25, -0.2) is 0 Å². The largest absolute Gasteiger partial charge is 0.351 e. The second kappa shape index (κ2) is 5.26. The Balaban J connectivity index is 4.46. The van der Waals surface area contributed by atoms with Crippen LogP contribution in [0.1, 0.15) is 48.0 Å². The minimum absolute atomic E-state index is 0.0173. The summed E-state index contributed by atoms with van der Waals surface area (Å²) in [6.45, 7) is 17.1. The molecule has 17 heavy (non-hydrogen) atoms. The second-order valence-electron chi connectivity index (χ2n) is 7.15. The third-order valence-electron chi connectivity index (χ3n) is 3.04. The third-order valence-corrected chi connectivity index (χ3v) is 7.59. The normalized spacial score (nSPS) is 12.7. The molecule has 0 heterocycles. The van der Waals surface area contributed by atoms with Crippen LogP contribution in [0.5, 0.6) is 0 Å². The van der Waals surface area contributed by atoms with Gasteiger partial charge in [0.1, 0.15) is 8.07 Å². The van der Waals surface area contributed by atoms with Crippen LogP contribution < -0.4 is 5.32 Å². The Hall–Kier alpha value is -0.753. The molecule has 98 valence electrons. The van der Waals surface area contributed by atoms with E-state index in [2.05, 4.69) is 50.6 Å². The van der Waals surface area contributed by atoms with Gasteiger partial charge in [0.05, 0.1) is 6.42 Å². The Labute approximate surface area is 108 Å². The van der Waals surface area contributed by atoms with Crippen LogP contribution in [0.25, 0.3) is 0 Å². The van der Waals surface area contributed by atoms with Gasteiger partial charge >= 0.3 is 0 Å². The molecule has 0 radical (unpaired) electrons. The van der Waals surface area contributed by atoms with Crippen molar-refractivity contribution in [2.75, 3.05) is 0 Å². The fraction of sp³-hybridized carbons (Fsp3) is 0.786. The summed E-state index contributed by atoms with van der Waals surface area (Å²) in [6.07, 6.45) is 0.309. The molecule has 0 aliphatic heterocycles. The molecule has 0 aromatic carbocycles. The average Bonchev–Trinajstić information content (AvgIpc) is 1.97. The van der Waals surface area contributed by atoms with Gasteiger partial charge in [-0.05, 0) is 25.8 Å². The minimum Gasteiger partial charge on any atom is -0.351 e. The first-order valence-electron chi connectivity index (χ1n) is 6.16. The zero-order valence-corrected chi connectivity index (χ0v) is 13.6. The van der Waals surface area contributed by atoms with Gasteiger partial charge in [0.2, 0.25) is 5.91 Å². The Morgan fingerprint density at radius 1 is 1.12 bits per heavy atom. The van der Waals surface area contributed by atoms with Gasteiger partial charge in [-0.2, -0.15) is 0 Å². The van der Waals surface area contributed by atoms with E-state index in [9.17, 15) is 4.79 Å². The third kappa shape index (κ3) is 6.53. The van der Waals surface area contributed by atoms with E-state index in [0.29, 0.717) is 6.42 Å². The van der Waals surface area contributed by atoms with E-state index < -0.39 is 8.07 Å². The van der Waals surface area contributed by atoms with Crippen molar-refractivity contribution in [3.05, 3.63) is 0 Å². The molecule has 0 unspecified atom stereocenters. The quantitative estimate of drug-likeness (QED) is 0.563. The van der Waals surface area contributed by atoms with Crippen molar-refractivity contribution < 1.29 is 4.79 Å². The summed E-state index contributed by atoms with van der Waals surface area (Å²) in [5.41, 5.74) is 3.17. The van der Waals surface area contributed by atoms with Crippen LogP contribution in [0.15, 0.2) is 0 Å². The van der Waals surface area contributed by atoms with Crippen LogP contribution in [-0.4, -0.2) is 19.5 Å². The summed E-state index contributed by atoms with van der Waals surface area (Å²) in [6, 6.07) is 0. The Morgan fingerprint density at radius 3 is 1.94 bits per heavy atom. The number of amides is 1. The molecule has 0 spiro atoms. The highest BCUT2D eigenvalue weighted by Gasteiger charge is 2.33. The summed E-state index contributed by atoms with van der Waals surface area (Å²) in [5, 5.41) is 3.17. The molecule has 2 nitrogen and oxygen atoms in total. The van der Waals surface area contributed by atoms with Crippen LogP contribution in [0, 0.1) is 11.5 Å². The van der Waals surface area contributed by atoms with Crippen molar-refractivity contribution >= 4 is 14.0 Å². The molecule has 0 aromatic rings. The lowest BCUT2D eigenvalue weighted by molar-refractivity contribution is -0.121. The van der Waals surface area contributed by atoms with Crippen LogP contribution in [-0.2, 0) is 4.79 Å². The van der Waals surface area contributed by atoms with E-state index in [0.717, 1.165) is 0 Å². The lowest BCUT2D eigenvalue weighted by atomic mass is 10.1. The molecule has 0 aliphatic rings. The van der Waals surface area contributed by atoms with Crippen molar-refractivity contribution in [3.8, 4) is 11.5 Å². The van der Waals surface area contributed by atoms with Crippen molar-refractivity contribution in [3.63, 3.8) is 0 Å². The van der Waals surface area contributed by atoms with Crippen molar-refractivity contribution in [1.29, 1.82) is 0 Å². The number of hydrogen-bond donors (Lipinski definition) is 1. The SMILES string of the molecule is CC(C)(C)NC(=O)CC#C[Si](C)(C)C(C)(C)C. The number of carbonyl (C=O) groups is 1. The molecule has 0 rings (SSSR count). The lowest BCUT2D eigenvalue weighted by Gasteiger charge is -2.31. The molecule has 0 fully saturated rings. The first-order chi connectivity index (χ1) is 7.35.